The second-order valence-corrected chi connectivity index (χ2v) is 8.54. The molecule has 0 amide bonds. The second-order valence-electron chi connectivity index (χ2n) is 6.60. The quantitative estimate of drug-likeness (QED) is 0.786. The van der Waals surface area contributed by atoms with Gasteiger partial charge in [0.05, 0.1) is 24.1 Å². The molecule has 0 unspecified atom stereocenters. The van der Waals surface area contributed by atoms with E-state index in [-0.39, 0.29) is 11.4 Å². The number of aryl methyl sites for hydroxylation is 2. The fourth-order valence-corrected chi connectivity index (χ4v) is 4.38. The molecule has 0 aromatic carbocycles. The van der Waals surface area contributed by atoms with Crippen molar-refractivity contribution in [2.75, 3.05) is 27.2 Å². The lowest BCUT2D eigenvalue weighted by Gasteiger charge is -2.18. The van der Waals surface area contributed by atoms with Crippen molar-refractivity contribution in [2.45, 2.75) is 30.5 Å². The molecule has 9 nitrogen and oxygen atoms in total. The molecule has 3 rings (SSSR count). The molecule has 1 aliphatic rings. The van der Waals surface area contributed by atoms with E-state index in [0.717, 1.165) is 5.69 Å². The van der Waals surface area contributed by atoms with E-state index in [0.29, 0.717) is 31.7 Å². The Morgan fingerprint density at radius 3 is 2.76 bits per heavy atom. The molecular weight excluding hydrogens is 344 g/mol. The van der Waals surface area contributed by atoms with Crippen molar-refractivity contribution in [1.82, 2.24) is 28.8 Å². The first kappa shape index (κ1) is 18.1. The number of hydrogen-bond acceptors (Lipinski definition) is 6. The third-order valence-electron chi connectivity index (χ3n) is 4.20. The van der Waals surface area contributed by atoms with Gasteiger partial charge in [0, 0.05) is 32.9 Å². The van der Waals surface area contributed by atoms with Gasteiger partial charge in [0.25, 0.3) is 0 Å². The summed E-state index contributed by atoms with van der Waals surface area (Å²) < 4.78 is 30.4. The minimum absolute atomic E-state index is 0.191. The first-order valence-electron chi connectivity index (χ1n) is 8.15. The zero-order chi connectivity index (χ0) is 18.2. The maximum absolute atomic E-state index is 12.8. The van der Waals surface area contributed by atoms with Crippen LogP contribution in [0.1, 0.15) is 23.9 Å². The second kappa shape index (κ2) is 6.87. The van der Waals surface area contributed by atoms with E-state index in [4.69, 9.17) is 0 Å². The number of aliphatic hydroxyl groups excluding tert-OH is 1. The number of aliphatic hydroxyl groups is 1. The third kappa shape index (κ3) is 3.76. The van der Waals surface area contributed by atoms with Crippen LogP contribution in [0.5, 0.6) is 0 Å². The number of nitrogens with zero attached hydrogens (tertiary/aromatic N) is 6. The Hall–Kier alpha value is -1.75. The van der Waals surface area contributed by atoms with Crippen molar-refractivity contribution in [3.8, 4) is 0 Å². The predicted octanol–water partition coefficient (Wildman–Crippen LogP) is -0.194. The molecular formula is C15H24N6O3S. The van der Waals surface area contributed by atoms with Gasteiger partial charge in [-0.05, 0) is 26.6 Å². The average molecular weight is 368 g/mol. The van der Waals surface area contributed by atoms with Crippen LogP contribution in [0.4, 0.5) is 0 Å². The SMILES string of the molecule is CN(C)C[C@@H](O)c1cc2n(n1)CCCN(S(=O)(=O)c1cnn(C)c1)C2. The first-order valence-corrected chi connectivity index (χ1v) is 9.59. The number of hydrogen-bond donors (Lipinski definition) is 1. The third-order valence-corrected chi connectivity index (χ3v) is 5.99. The summed E-state index contributed by atoms with van der Waals surface area (Å²) in [4.78, 5) is 2.07. The molecule has 0 aliphatic carbocycles. The molecule has 0 radical (unpaired) electrons. The van der Waals surface area contributed by atoms with Crippen LogP contribution >= 0.6 is 0 Å². The number of rotatable bonds is 5. The minimum Gasteiger partial charge on any atom is -0.385 e. The topological polar surface area (TPSA) is 96.5 Å². The van der Waals surface area contributed by atoms with Gasteiger partial charge < -0.3 is 10.0 Å². The summed E-state index contributed by atoms with van der Waals surface area (Å²) in [6, 6.07) is 1.80. The minimum atomic E-state index is -3.60. The Labute approximate surface area is 147 Å². The number of likely N-dealkylation sites (N-methyl/N-ethyl adjacent to an activating group) is 1. The molecule has 138 valence electrons. The van der Waals surface area contributed by atoms with Crippen LogP contribution in [-0.2, 0) is 30.2 Å². The Bertz CT molecular complexity index is 841. The molecule has 25 heavy (non-hydrogen) atoms. The highest BCUT2D eigenvalue weighted by Gasteiger charge is 2.29. The summed E-state index contributed by atoms with van der Waals surface area (Å²) in [6.45, 7) is 1.76. The molecule has 0 bridgehead atoms. The fourth-order valence-electron chi connectivity index (χ4n) is 2.94. The van der Waals surface area contributed by atoms with Crippen molar-refractivity contribution in [3.05, 3.63) is 29.8 Å². The lowest BCUT2D eigenvalue weighted by Crippen LogP contribution is -2.30. The van der Waals surface area contributed by atoms with Crippen LogP contribution in [0.3, 0.4) is 0 Å². The molecule has 0 fully saturated rings. The van der Waals surface area contributed by atoms with Crippen LogP contribution in [0.25, 0.3) is 0 Å². The lowest BCUT2D eigenvalue weighted by molar-refractivity contribution is 0.133. The molecule has 1 atom stereocenters. The Morgan fingerprint density at radius 1 is 1.36 bits per heavy atom. The predicted molar refractivity (Wildman–Crippen MR) is 91.2 cm³/mol. The summed E-state index contributed by atoms with van der Waals surface area (Å²) in [5.74, 6) is 0. The highest BCUT2D eigenvalue weighted by atomic mass is 32.2. The zero-order valence-corrected chi connectivity index (χ0v) is 15.5. The number of aromatic nitrogens is 4. The molecule has 0 saturated heterocycles. The number of sulfonamides is 1. The van der Waals surface area contributed by atoms with Crippen LogP contribution in [0.15, 0.2) is 23.4 Å². The Kier molecular flexibility index (Phi) is 4.96. The fraction of sp³-hybridized carbons (Fsp3) is 0.600. The monoisotopic (exact) mass is 368 g/mol. The van der Waals surface area contributed by atoms with Gasteiger partial charge in [-0.2, -0.15) is 14.5 Å². The van der Waals surface area contributed by atoms with Gasteiger partial charge in [-0.1, -0.05) is 0 Å². The van der Waals surface area contributed by atoms with E-state index in [1.54, 1.807) is 17.8 Å². The average Bonchev–Trinajstić information content (AvgIpc) is 3.08. The van der Waals surface area contributed by atoms with Crippen LogP contribution in [0, 0.1) is 0 Å². The van der Waals surface area contributed by atoms with E-state index in [9.17, 15) is 13.5 Å². The summed E-state index contributed by atoms with van der Waals surface area (Å²) in [5.41, 5.74) is 1.36. The van der Waals surface area contributed by atoms with Crippen LogP contribution in [0.2, 0.25) is 0 Å². The summed E-state index contributed by atoms with van der Waals surface area (Å²) in [7, 11) is 1.85. The largest absolute Gasteiger partial charge is 0.385 e. The molecule has 0 saturated carbocycles. The standard InChI is InChI=1S/C15H24N6O3S/c1-18(2)11-15(22)14-7-12-9-20(5-4-6-21(12)17-14)25(23,24)13-8-16-19(3)10-13/h7-8,10,15,22H,4-6,9,11H2,1-3H3/t15-/m1/s1. The van der Waals surface area contributed by atoms with E-state index >= 15 is 0 Å². The Morgan fingerprint density at radius 2 is 2.12 bits per heavy atom. The molecule has 1 N–H and O–H groups in total. The van der Waals surface area contributed by atoms with Gasteiger partial charge in [0.2, 0.25) is 10.0 Å². The van der Waals surface area contributed by atoms with Crippen molar-refractivity contribution in [1.29, 1.82) is 0 Å². The lowest BCUT2D eigenvalue weighted by atomic mass is 10.2. The van der Waals surface area contributed by atoms with E-state index in [1.807, 2.05) is 19.0 Å². The smallest absolute Gasteiger partial charge is 0.246 e. The van der Waals surface area contributed by atoms with Crippen molar-refractivity contribution < 1.29 is 13.5 Å². The Balaban J connectivity index is 1.85. The van der Waals surface area contributed by atoms with Gasteiger partial charge >= 0.3 is 0 Å². The van der Waals surface area contributed by atoms with E-state index in [2.05, 4.69) is 10.2 Å². The maximum atomic E-state index is 12.8. The molecule has 0 spiro atoms. The van der Waals surface area contributed by atoms with Crippen LogP contribution < -0.4 is 0 Å². The van der Waals surface area contributed by atoms with E-state index < -0.39 is 16.1 Å². The molecule has 2 aromatic rings. The van der Waals surface area contributed by atoms with Crippen molar-refractivity contribution >= 4 is 10.0 Å². The van der Waals surface area contributed by atoms with Gasteiger partial charge in [0.15, 0.2) is 0 Å². The van der Waals surface area contributed by atoms with Gasteiger partial charge in [-0.3, -0.25) is 9.36 Å². The van der Waals surface area contributed by atoms with Crippen molar-refractivity contribution in [2.24, 2.45) is 7.05 Å². The molecule has 10 heteroatoms. The normalized spacial score (nSPS) is 17.5. The molecule has 1 aliphatic heterocycles. The van der Waals surface area contributed by atoms with Crippen LogP contribution in [-0.4, -0.2) is 69.5 Å². The molecule has 2 aromatic heterocycles. The highest BCUT2D eigenvalue weighted by molar-refractivity contribution is 7.89. The van der Waals surface area contributed by atoms with Crippen molar-refractivity contribution in [3.63, 3.8) is 0 Å². The maximum Gasteiger partial charge on any atom is 0.246 e. The summed E-state index contributed by atoms with van der Waals surface area (Å²) in [6.07, 6.45) is 2.84. The van der Waals surface area contributed by atoms with Gasteiger partial charge in [-0.15, -0.1) is 0 Å². The van der Waals surface area contributed by atoms with Gasteiger partial charge in [0.1, 0.15) is 11.0 Å². The van der Waals surface area contributed by atoms with Gasteiger partial charge in [-0.25, -0.2) is 8.42 Å². The first-order chi connectivity index (χ1) is 11.8. The highest BCUT2D eigenvalue weighted by Crippen LogP contribution is 2.23. The molecule has 3 heterocycles. The summed E-state index contributed by atoms with van der Waals surface area (Å²) in [5, 5.41) is 18.7. The van der Waals surface area contributed by atoms with E-state index in [1.165, 1.54) is 21.4 Å². The zero-order valence-electron chi connectivity index (χ0n) is 14.7. The summed E-state index contributed by atoms with van der Waals surface area (Å²) >= 11 is 0. The number of fused-ring (bicyclic) bond motifs is 1.